The lowest BCUT2D eigenvalue weighted by Gasteiger charge is -2.08. The maximum absolute atomic E-state index is 14.2. The molecule has 0 aliphatic carbocycles. The van der Waals surface area contributed by atoms with Gasteiger partial charge in [-0.2, -0.15) is 0 Å². The molecule has 0 aliphatic heterocycles. The lowest BCUT2D eigenvalue weighted by atomic mass is 10.0. The second-order valence-electron chi connectivity index (χ2n) is 6.53. The lowest BCUT2D eigenvalue weighted by Crippen LogP contribution is -2.03. The average Bonchev–Trinajstić information content (AvgIpc) is 2.85. The highest BCUT2D eigenvalue weighted by Crippen LogP contribution is 2.37. The van der Waals surface area contributed by atoms with E-state index in [1.807, 2.05) is 37.5 Å². The van der Waals surface area contributed by atoms with Gasteiger partial charge in [0.15, 0.2) is 0 Å². The summed E-state index contributed by atoms with van der Waals surface area (Å²) in [6, 6.07) is 8.52. The van der Waals surface area contributed by atoms with Gasteiger partial charge in [-0.15, -0.1) is 0 Å². The Kier molecular flexibility index (Phi) is 5.05. The van der Waals surface area contributed by atoms with Crippen molar-refractivity contribution in [3.8, 4) is 11.1 Å². The molecule has 2 N–H and O–H groups in total. The van der Waals surface area contributed by atoms with Crippen molar-refractivity contribution >= 4 is 16.6 Å². The molecule has 0 saturated carbocycles. The van der Waals surface area contributed by atoms with Crippen LogP contribution in [0.4, 0.5) is 10.1 Å². The molecule has 0 unspecified atom stereocenters. The number of aromatic nitrogens is 2. The minimum Gasteiger partial charge on any atom is -0.337 e. The monoisotopic (exact) mass is 368 g/mol. The van der Waals surface area contributed by atoms with Crippen molar-refractivity contribution in [2.45, 2.75) is 27.3 Å². The highest BCUT2D eigenvalue weighted by molar-refractivity contribution is 5.99. The third-order valence-corrected chi connectivity index (χ3v) is 4.54. The Labute approximate surface area is 156 Å². The number of nitro benzene ring substituents is 1. The first-order valence-electron chi connectivity index (χ1n) is 8.59. The number of nitro groups is 1. The Morgan fingerprint density at radius 2 is 1.93 bits per heavy atom. The minimum atomic E-state index is -0.423. The number of pyridine rings is 1. The van der Waals surface area contributed by atoms with Crippen LogP contribution < -0.4 is 5.73 Å². The van der Waals surface area contributed by atoms with E-state index in [1.54, 1.807) is 12.1 Å². The Morgan fingerprint density at radius 3 is 2.52 bits per heavy atom. The molecule has 3 aromatic rings. The Hall–Kier alpha value is -3.06. The van der Waals surface area contributed by atoms with Crippen molar-refractivity contribution in [1.82, 2.24) is 9.55 Å². The molecule has 3 rings (SSSR count). The van der Waals surface area contributed by atoms with Gasteiger partial charge in [0.05, 0.1) is 11.5 Å². The number of rotatable bonds is 5. The second kappa shape index (κ2) is 7.28. The molecule has 0 aliphatic rings. The number of hydrogen-bond donors (Lipinski definition) is 1. The highest BCUT2D eigenvalue weighted by atomic mass is 19.1. The van der Waals surface area contributed by atoms with Crippen LogP contribution in [-0.4, -0.2) is 21.0 Å². The van der Waals surface area contributed by atoms with Gasteiger partial charge in [0.2, 0.25) is 0 Å². The van der Waals surface area contributed by atoms with E-state index in [9.17, 15) is 14.5 Å². The maximum Gasteiger partial charge on any atom is 0.270 e. The number of halogens is 1. The van der Waals surface area contributed by atoms with Gasteiger partial charge < -0.3 is 10.3 Å². The largest absolute Gasteiger partial charge is 0.337 e. The van der Waals surface area contributed by atoms with E-state index >= 15 is 0 Å². The van der Waals surface area contributed by atoms with Gasteiger partial charge in [-0.25, -0.2) is 4.39 Å². The first-order chi connectivity index (χ1) is 12.8. The van der Waals surface area contributed by atoms with Crippen LogP contribution in [0.15, 0.2) is 42.2 Å². The van der Waals surface area contributed by atoms with Crippen molar-refractivity contribution in [1.29, 1.82) is 0 Å². The lowest BCUT2D eigenvalue weighted by molar-refractivity contribution is -0.384. The second-order valence-corrected chi connectivity index (χ2v) is 6.53. The number of hydrogen-bond acceptors (Lipinski definition) is 4. The van der Waals surface area contributed by atoms with Gasteiger partial charge in [-0.3, -0.25) is 15.1 Å². The van der Waals surface area contributed by atoms with Crippen LogP contribution in [0.2, 0.25) is 0 Å². The van der Waals surface area contributed by atoms with Crippen molar-refractivity contribution in [3.63, 3.8) is 0 Å². The molecular weight excluding hydrogens is 347 g/mol. The van der Waals surface area contributed by atoms with E-state index in [1.165, 1.54) is 12.1 Å². The SMILES string of the molecule is Cc1cc(-c2c(C)n(C/C(F)=C/CN)c3ccc([N+](=O)[O-])cc23)cc(C)n1. The molecular formula is C20H21FN4O2. The predicted molar refractivity (Wildman–Crippen MR) is 104 cm³/mol. The molecule has 2 heterocycles. The zero-order chi connectivity index (χ0) is 19.7. The summed E-state index contributed by atoms with van der Waals surface area (Å²) in [7, 11) is 0. The number of nitrogens with two attached hydrogens (primary N) is 1. The first kappa shape index (κ1) is 18.7. The molecule has 0 atom stereocenters. The van der Waals surface area contributed by atoms with Gasteiger partial charge in [0.1, 0.15) is 5.83 Å². The number of aryl methyl sites for hydroxylation is 2. The minimum absolute atomic E-state index is 0.00127. The fourth-order valence-corrected chi connectivity index (χ4v) is 3.47. The van der Waals surface area contributed by atoms with Crippen LogP contribution in [0.5, 0.6) is 0 Å². The molecule has 0 fully saturated rings. The van der Waals surface area contributed by atoms with Crippen LogP contribution in [0.3, 0.4) is 0 Å². The molecule has 7 heteroatoms. The van der Waals surface area contributed by atoms with Gasteiger partial charge in [-0.1, -0.05) is 0 Å². The normalized spacial score (nSPS) is 12.0. The van der Waals surface area contributed by atoms with Gasteiger partial charge in [0.25, 0.3) is 5.69 Å². The summed E-state index contributed by atoms with van der Waals surface area (Å²) in [6.07, 6.45) is 1.33. The highest BCUT2D eigenvalue weighted by Gasteiger charge is 2.19. The molecule has 0 bridgehead atoms. The number of nitrogens with zero attached hydrogens (tertiary/aromatic N) is 3. The number of benzene rings is 1. The van der Waals surface area contributed by atoms with Crippen molar-refractivity contribution < 1.29 is 9.31 Å². The van der Waals surface area contributed by atoms with Crippen LogP contribution in [0.25, 0.3) is 22.0 Å². The molecule has 140 valence electrons. The molecule has 1 aromatic carbocycles. The fraction of sp³-hybridized carbons (Fsp3) is 0.250. The van der Waals surface area contributed by atoms with Crippen LogP contribution >= 0.6 is 0 Å². The molecule has 0 radical (unpaired) electrons. The van der Waals surface area contributed by atoms with E-state index in [0.29, 0.717) is 5.39 Å². The average molecular weight is 368 g/mol. The molecule has 0 spiro atoms. The fourth-order valence-electron chi connectivity index (χ4n) is 3.47. The van der Waals surface area contributed by atoms with E-state index in [0.717, 1.165) is 33.7 Å². The Morgan fingerprint density at radius 1 is 1.26 bits per heavy atom. The van der Waals surface area contributed by atoms with E-state index in [4.69, 9.17) is 5.73 Å². The summed E-state index contributed by atoms with van der Waals surface area (Å²) in [6.45, 7) is 5.84. The Bertz CT molecular complexity index is 1050. The van der Waals surface area contributed by atoms with Gasteiger partial charge in [0, 0.05) is 52.2 Å². The molecule has 2 aromatic heterocycles. The van der Waals surface area contributed by atoms with Crippen molar-refractivity contribution in [2.75, 3.05) is 6.54 Å². The van der Waals surface area contributed by atoms with E-state index < -0.39 is 4.92 Å². The van der Waals surface area contributed by atoms with Crippen molar-refractivity contribution in [2.24, 2.45) is 5.73 Å². The van der Waals surface area contributed by atoms with Gasteiger partial charge in [-0.05, 0) is 50.6 Å². The van der Waals surface area contributed by atoms with E-state index in [2.05, 4.69) is 4.98 Å². The third kappa shape index (κ3) is 3.59. The summed E-state index contributed by atoms with van der Waals surface area (Å²) in [5.41, 5.74) is 10.4. The first-order valence-corrected chi connectivity index (χ1v) is 8.59. The summed E-state index contributed by atoms with van der Waals surface area (Å²) < 4.78 is 16.0. The van der Waals surface area contributed by atoms with Crippen LogP contribution in [0, 0.1) is 30.9 Å². The Balaban J connectivity index is 2.33. The third-order valence-electron chi connectivity index (χ3n) is 4.54. The topological polar surface area (TPSA) is 87.0 Å². The molecule has 6 nitrogen and oxygen atoms in total. The summed E-state index contributed by atoms with van der Waals surface area (Å²) >= 11 is 0. The molecule has 0 saturated heterocycles. The number of allylic oxidation sites excluding steroid dienone is 1. The summed E-state index contributed by atoms with van der Waals surface area (Å²) in [5.74, 6) is -0.343. The maximum atomic E-state index is 14.2. The summed E-state index contributed by atoms with van der Waals surface area (Å²) in [4.78, 5) is 15.2. The zero-order valence-corrected chi connectivity index (χ0v) is 15.5. The van der Waals surface area contributed by atoms with Crippen LogP contribution in [-0.2, 0) is 6.54 Å². The number of non-ortho nitro benzene ring substituents is 1. The van der Waals surface area contributed by atoms with Gasteiger partial charge >= 0.3 is 0 Å². The smallest absolute Gasteiger partial charge is 0.270 e. The zero-order valence-electron chi connectivity index (χ0n) is 15.5. The van der Waals surface area contributed by atoms with E-state index in [-0.39, 0.29) is 24.6 Å². The van der Waals surface area contributed by atoms with Crippen LogP contribution in [0.1, 0.15) is 17.1 Å². The quantitative estimate of drug-likeness (QED) is 0.536. The molecule has 27 heavy (non-hydrogen) atoms. The van der Waals surface area contributed by atoms with Crippen molar-refractivity contribution in [3.05, 3.63) is 69.4 Å². The molecule has 0 amide bonds. The predicted octanol–water partition coefficient (Wildman–Crippen LogP) is 4.35. The summed E-state index contributed by atoms with van der Waals surface area (Å²) in [5, 5.41) is 12.0. The number of fused-ring (bicyclic) bond motifs is 1. The standard InChI is InChI=1S/C20H21FN4O2/c1-12-8-15(9-13(2)23-12)20-14(3)24(11-16(21)6-7-22)19-5-4-17(25(26)27)10-18(19)20/h4-6,8-10H,7,11,22H2,1-3H3/b16-6-.